The smallest absolute Gasteiger partial charge is 0.0620 e. The van der Waals surface area contributed by atoms with Gasteiger partial charge < -0.3 is 10.5 Å². The van der Waals surface area contributed by atoms with Crippen molar-refractivity contribution >= 4 is 0 Å². The van der Waals surface area contributed by atoms with E-state index in [1.54, 1.807) is 0 Å². The summed E-state index contributed by atoms with van der Waals surface area (Å²) in [4.78, 5) is 0. The molecule has 0 fully saturated rings. The van der Waals surface area contributed by atoms with Gasteiger partial charge in [-0.25, -0.2) is 0 Å². The predicted molar refractivity (Wildman–Crippen MR) is 45.2 cm³/mol. The zero-order valence-electron chi connectivity index (χ0n) is 6.96. The van der Waals surface area contributed by atoms with E-state index in [1.165, 1.54) is 0 Å². The number of aromatic nitrogens is 1. The van der Waals surface area contributed by atoms with Gasteiger partial charge in [0.1, 0.15) is 0 Å². The first-order chi connectivity index (χ1) is 5.25. The molecule has 0 bridgehead atoms. The van der Waals surface area contributed by atoms with E-state index in [9.17, 15) is 0 Å². The maximum absolute atomic E-state index is 8.57. The van der Waals surface area contributed by atoms with E-state index in [2.05, 4.69) is 5.43 Å². The third-order valence-corrected chi connectivity index (χ3v) is 1.65. The van der Waals surface area contributed by atoms with E-state index in [0.29, 0.717) is 6.54 Å². The lowest BCUT2D eigenvalue weighted by Crippen LogP contribution is -2.20. The Balaban J connectivity index is 2.67. The molecule has 0 unspecified atom stereocenters. The van der Waals surface area contributed by atoms with E-state index >= 15 is 0 Å². The van der Waals surface area contributed by atoms with Gasteiger partial charge in [-0.05, 0) is 26.0 Å². The number of hydrogen-bond acceptors (Lipinski definition) is 2. The van der Waals surface area contributed by atoms with Crippen molar-refractivity contribution < 1.29 is 5.11 Å². The van der Waals surface area contributed by atoms with Crippen molar-refractivity contribution in [3.63, 3.8) is 0 Å². The lowest BCUT2D eigenvalue weighted by molar-refractivity contribution is 0.306. The minimum absolute atomic E-state index is 0.164. The summed E-state index contributed by atoms with van der Waals surface area (Å²) in [6.45, 7) is 4.81. The molecule has 0 radical (unpaired) electrons. The lowest BCUT2D eigenvalue weighted by Gasteiger charge is -2.10. The highest BCUT2D eigenvalue weighted by Gasteiger charge is 1.97. The number of aliphatic hydroxyl groups excluding tert-OH is 1. The molecule has 0 atom stereocenters. The van der Waals surface area contributed by atoms with Gasteiger partial charge in [0.25, 0.3) is 0 Å². The molecule has 1 rings (SSSR count). The number of nitrogens with one attached hydrogen (secondary N) is 1. The summed E-state index contributed by atoms with van der Waals surface area (Å²) in [5, 5.41) is 8.57. The van der Waals surface area contributed by atoms with Crippen molar-refractivity contribution in [2.24, 2.45) is 0 Å². The molecule has 0 aliphatic carbocycles. The fraction of sp³-hybridized carbons (Fsp3) is 0.500. The molecule has 1 aromatic rings. The highest BCUT2D eigenvalue weighted by atomic mass is 16.3. The molecule has 0 aromatic carbocycles. The van der Waals surface area contributed by atoms with Gasteiger partial charge in [-0.1, -0.05) is 0 Å². The highest BCUT2D eigenvalue weighted by Crippen LogP contribution is 2.03. The highest BCUT2D eigenvalue weighted by molar-refractivity contribution is 5.15. The molecule has 0 aliphatic heterocycles. The Bertz CT molecular complexity index is 210. The third-order valence-electron chi connectivity index (χ3n) is 1.65. The Labute approximate surface area is 66.6 Å². The first-order valence-corrected chi connectivity index (χ1v) is 3.75. The first-order valence-electron chi connectivity index (χ1n) is 3.75. The minimum atomic E-state index is 0.164. The summed E-state index contributed by atoms with van der Waals surface area (Å²) in [6.07, 6.45) is 0. The summed E-state index contributed by atoms with van der Waals surface area (Å²) < 4.78 is 1.97. The second kappa shape index (κ2) is 3.44. The molecule has 1 heterocycles. The first kappa shape index (κ1) is 8.14. The average Bonchev–Trinajstić information content (AvgIpc) is 2.29. The molecule has 0 amide bonds. The molecule has 3 heteroatoms. The standard InChI is InChI=1S/C8H14N2O/c1-7-3-4-8(2)10(7)9-5-6-11/h3-4,9,11H,5-6H2,1-2H3. The molecule has 11 heavy (non-hydrogen) atoms. The van der Waals surface area contributed by atoms with E-state index in [4.69, 9.17) is 5.11 Å². The van der Waals surface area contributed by atoms with E-state index < -0.39 is 0 Å². The SMILES string of the molecule is Cc1ccc(C)n1NCCO. The largest absolute Gasteiger partial charge is 0.394 e. The van der Waals surface area contributed by atoms with Crippen molar-refractivity contribution in [1.82, 2.24) is 4.68 Å². The zero-order valence-corrected chi connectivity index (χ0v) is 6.96. The molecule has 3 nitrogen and oxygen atoms in total. The van der Waals surface area contributed by atoms with Crippen LogP contribution in [0.4, 0.5) is 0 Å². The van der Waals surface area contributed by atoms with Crippen LogP contribution in [-0.4, -0.2) is 22.9 Å². The number of aliphatic hydroxyl groups is 1. The molecule has 0 spiro atoms. The summed E-state index contributed by atoms with van der Waals surface area (Å²) in [5.41, 5.74) is 5.40. The monoisotopic (exact) mass is 154 g/mol. The molecule has 2 N–H and O–H groups in total. The Morgan fingerprint density at radius 2 is 1.91 bits per heavy atom. The lowest BCUT2D eigenvalue weighted by atomic mass is 10.5. The predicted octanol–water partition coefficient (Wildman–Crippen LogP) is 0.641. The van der Waals surface area contributed by atoms with Crippen molar-refractivity contribution in [2.45, 2.75) is 13.8 Å². The summed E-state index contributed by atoms with van der Waals surface area (Å²) in [5.74, 6) is 0. The average molecular weight is 154 g/mol. The van der Waals surface area contributed by atoms with Gasteiger partial charge in [0, 0.05) is 11.4 Å². The molecule has 1 aromatic heterocycles. The normalized spacial score (nSPS) is 10.1. The molecular weight excluding hydrogens is 140 g/mol. The third kappa shape index (κ3) is 1.74. The van der Waals surface area contributed by atoms with E-state index in [-0.39, 0.29) is 6.61 Å². The van der Waals surface area contributed by atoms with Crippen LogP contribution >= 0.6 is 0 Å². The fourth-order valence-corrected chi connectivity index (χ4v) is 1.08. The second-order valence-electron chi connectivity index (χ2n) is 2.58. The number of hydrogen-bond donors (Lipinski definition) is 2. The Morgan fingerprint density at radius 3 is 2.36 bits per heavy atom. The van der Waals surface area contributed by atoms with Crippen LogP contribution in [0.15, 0.2) is 12.1 Å². The van der Waals surface area contributed by atoms with Gasteiger partial charge in [-0.15, -0.1) is 0 Å². The Hall–Kier alpha value is -0.960. The second-order valence-corrected chi connectivity index (χ2v) is 2.58. The summed E-state index contributed by atoms with van der Waals surface area (Å²) in [7, 11) is 0. The molecule has 0 aliphatic rings. The Morgan fingerprint density at radius 1 is 1.36 bits per heavy atom. The minimum Gasteiger partial charge on any atom is -0.394 e. The molecule has 0 saturated carbocycles. The fourth-order valence-electron chi connectivity index (χ4n) is 1.08. The maximum Gasteiger partial charge on any atom is 0.0620 e. The van der Waals surface area contributed by atoms with Crippen LogP contribution in [0.5, 0.6) is 0 Å². The van der Waals surface area contributed by atoms with Crippen LogP contribution in [-0.2, 0) is 0 Å². The Kier molecular flexibility index (Phi) is 2.54. The molecular formula is C8H14N2O. The van der Waals surface area contributed by atoms with E-state index in [0.717, 1.165) is 11.4 Å². The van der Waals surface area contributed by atoms with Gasteiger partial charge >= 0.3 is 0 Å². The van der Waals surface area contributed by atoms with Crippen LogP contribution in [0.2, 0.25) is 0 Å². The number of aryl methyl sites for hydroxylation is 2. The maximum atomic E-state index is 8.57. The van der Waals surface area contributed by atoms with Gasteiger partial charge in [0.15, 0.2) is 0 Å². The van der Waals surface area contributed by atoms with Crippen molar-refractivity contribution in [3.05, 3.63) is 23.5 Å². The number of rotatable bonds is 3. The molecule has 0 saturated heterocycles. The zero-order chi connectivity index (χ0) is 8.27. The van der Waals surface area contributed by atoms with Crippen LogP contribution in [0, 0.1) is 13.8 Å². The van der Waals surface area contributed by atoms with Crippen molar-refractivity contribution in [2.75, 3.05) is 18.6 Å². The van der Waals surface area contributed by atoms with Crippen molar-refractivity contribution in [1.29, 1.82) is 0 Å². The summed E-state index contributed by atoms with van der Waals surface area (Å²) in [6, 6.07) is 4.08. The quantitative estimate of drug-likeness (QED) is 0.670. The van der Waals surface area contributed by atoms with Gasteiger partial charge in [-0.2, -0.15) is 0 Å². The van der Waals surface area contributed by atoms with Crippen molar-refractivity contribution in [3.8, 4) is 0 Å². The topological polar surface area (TPSA) is 37.2 Å². The van der Waals surface area contributed by atoms with Gasteiger partial charge in [-0.3, -0.25) is 4.68 Å². The van der Waals surface area contributed by atoms with Gasteiger partial charge in [0.2, 0.25) is 0 Å². The number of nitrogens with zero attached hydrogens (tertiary/aromatic N) is 1. The molecule has 62 valence electrons. The van der Waals surface area contributed by atoms with E-state index in [1.807, 2.05) is 30.7 Å². The summed E-state index contributed by atoms with van der Waals surface area (Å²) >= 11 is 0. The van der Waals surface area contributed by atoms with Gasteiger partial charge in [0.05, 0.1) is 13.2 Å². The van der Waals surface area contributed by atoms with Crippen LogP contribution in [0.25, 0.3) is 0 Å². The van der Waals surface area contributed by atoms with Crippen LogP contribution in [0.1, 0.15) is 11.4 Å². The van der Waals surface area contributed by atoms with Crippen LogP contribution in [0.3, 0.4) is 0 Å². The van der Waals surface area contributed by atoms with Crippen LogP contribution < -0.4 is 5.43 Å².